The molecule has 0 saturated heterocycles. The van der Waals surface area contributed by atoms with Crippen LogP contribution >= 0.6 is 11.3 Å². The molecule has 0 aromatic carbocycles. The summed E-state index contributed by atoms with van der Waals surface area (Å²) in [7, 11) is 3.02. The highest BCUT2D eigenvalue weighted by molar-refractivity contribution is 7.13. The van der Waals surface area contributed by atoms with E-state index in [-0.39, 0.29) is 11.5 Å². The number of thiophene rings is 1. The van der Waals surface area contributed by atoms with E-state index in [2.05, 4.69) is 15.4 Å². The summed E-state index contributed by atoms with van der Waals surface area (Å²) in [6, 6.07) is 4.66. The zero-order chi connectivity index (χ0) is 23.4. The minimum atomic E-state index is -0.801. The number of methoxy groups -OCH3 is 1. The van der Waals surface area contributed by atoms with Crippen LogP contribution < -0.4 is 5.32 Å². The first kappa shape index (κ1) is 23.4. The van der Waals surface area contributed by atoms with E-state index in [0.717, 1.165) is 4.88 Å². The molecule has 0 aliphatic carbocycles. The SMILES string of the molecule is COC(=O)C(CC(C)C)NC(=O)COC(=O)c1cc(-c2cccs2)nc2c1c(C)nn2C. The van der Waals surface area contributed by atoms with Gasteiger partial charge in [0.25, 0.3) is 5.91 Å². The first-order valence-electron chi connectivity index (χ1n) is 10.1. The fourth-order valence-electron chi connectivity index (χ4n) is 3.43. The van der Waals surface area contributed by atoms with Crippen molar-refractivity contribution < 1.29 is 23.9 Å². The third-order valence-corrected chi connectivity index (χ3v) is 5.72. The normalized spacial score (nSPS) is 12.1. The summed E-state index contributed by atoms with van der Waals surface area (Å²) in [4.78, 5) is 42.8. The summed E-state index contributed by atoms with van der Waals surface area (Å²) in [5.74, 6) is -1.63. The number of aryl methyl sites for hydroxylation is 2. The Hall–Kier alpha value is -3.27. The van der Waals surface area contributed by atoms with E-state index in [1.165, 1.54) is 18.4 Å². The second-order valence-corrected chi connectivity index (χ2v) is 8.74. The standard InChI is InChI=1S/C22H26N4O5S/c1-12(2)9-16(22(29)30-5)23-18(27)11-31-21(28)14-10-15(17-7-6-8-32-17)24-20-19(14)13(3)25-26(20)4/h6-8,10,12,16H,9,11H2,1-5H3,(H,23,27). The molecule has 0 radical (unpaired) electrons. The molecule has 170 valence electrons. The third kappa shape index (κ3) is 5.13. The topological polar surface area (TPSA) is 112 Å². The lowest BCUT2D eigenvalue weighted by Crippen LogP contribution is -2.44. The van der Waals surface area contributed by atoms with Gasteiger partial charge in [-0.15, -0.1) is 11.3 Å². The van der Waals surface area contributed by atoms with Crippen molar-refractivity contribution >= 4 is 40.2 Å². The average Bonchev–Trinajstić information content (AvgIpc) is 3.38. The van der Waals surface area contributed by atoms with Gasteiger partial charge < -0.3 is 14.8 Å². The minimum absolute atomic E-state index is 0.163. The number of ether oxygens (including phenoxy) is 2. The molecule has 3 heterocycles. The number of pyridine rings is 1. The third-order valence-electron chi connectivity index (χ3n) is 4.82. The summed E-state index contributed by atoms with van der Waals surface area (Å²) in [6.45, 7) is 5.11. The van der Waals surface area contributed by atoms with Crippen LogP contribution in [0.15, 0.2) is 23.6 Å². The lowest BCUT2D eigenvalue weighted by atomic mass is 10.0. The van der Waals surface area contributed by atoms with Gasteiger partial charge in [-0.3, -0.25) is 9.48 Å². The summed E-state index contributed by atoms with van der Waals surface area (Å²) >= 11 is 1.50. The molecule has 1 unspecified atom stereocenters. The zero-order valence-electron chi connectivity index (χ0n) is 18.7. The fraction of sp³-hybridized carbons (Fsp3) is 0.409. The lowest BCUT2D eigenvalue weighted by Gasteiger charge is -2.18. The van der Waals surface area contributed by atoms with Crippen molar-refractivity contribution in [2.24, 2.45) is 13.0 Å². The number of amides is 1. The van der Waals surface area contributed by atoms with Gasteiger partial charge in [-0.25, -0.2) is 14.6 Å². The second-order valence-electron chi connectivity index (χ2n) is 7.79. The van der Waals surface area contributed by atoms with Gasteiger partial charge in [-0.1, -0.05) is 19.9 Å². The number of esters is 2. The van der Waals surface area contributed by atoms with E-state index >= 15 is 0 Å². The lowest BCUT2D eigenvalue weighted by molar-refractivity contribution is -0.145. The number of nitrogens with one attached hydrogen (secondary N) is 1. The van der Waals surface area contributed by atoms with Crippen molar-refractivity contribution in [1.82, 2.24) is 20.1 Å². The van der Waals surface area contributed by atoms with Crippen molar-refractivity contribution in [1.29, 1.82) is 0 Å². The molecule has 1 amide bonds. The Morgan fingerprint density at radius 2 is 2.03 bits per heavy atom. The van der Waals surface area contributed by atoms with Gasteiger partial charge in [-0.05, 0) is 36.8 Å². The molecule has 0 aliphatic heterocycles. The maximum atomic E-state index is 12.9. The summed E-state index contributed by atoms with van der Waals surface area (Å²) < 4.78 is 11.6. The highest BCUT2D eigenvalue weighted by atomic mass is 32.1. The highest BCUT2D eigenvalue weighted by Crippen LogP contribution is 2.29. The van der Waals surface area contributed by atoms with E-state index in [1.807, 2.05) is 31.4 Å². The Morgan fingerprint density at radius 1 is 1.28 bits per heavy atom. The van der Waals surface area contributed by atoms with E-state index in [9.17, 15) is 14.4 Å². The molecule has 1 N–H and O–H groups in total. The predicted octanol–water partition coefficient (Wildman–Crippen LogP) is 2.87. The molecule has 0 saturated carbocycles. The van der Waals surface area contributed by atoms with Gasteiger partial charge in [0.1, 0.15) is 6.04 Å². The molecular weight excluding hydrogens is 432 g/mol. The minimum Gasteiger partial charge on any atom is -0.467 e. The van der Waals surface area contributed by atoms with Crippen molar-refractivity contribution in [3.8, 4) is 10.6 Å². The van der Waals surface area contributed by atoms with Crippen LogP contribution in [0.4, 0.5) is 0 Å². The van der Waals surface area contributed by atoms with Gasteiger partial charge in [0.2, 0.25) is 0 Å². The van der Waals surface area contributed by atoms with Crippen LogP contribution in [0.5, 0.6) is 0 Å². The number of rotatable bonds is 8. The Labute approximate surface area is 189 Å². The maximum Gasteiger partial charge on any atom is 0.339 e. The number of hydrogen-bond acceptors (Lipinski definition) is 8. The summed E-state index contributed by atoms with van der Waals surface area (Å²) in [5, 5.41) is 9.44. The Bertz CT molecular complexity index is 1140. The van der Waals surface area contributed by atoms with Crippen LogP contribution in [0.3, 0.4) is 0 Å². The number of carbonyl (C=O) groups is 3. The molecule has 3 aromatic rings. The number of aromatic nitrogens is 3. The van der Waals surface area contributed by atoms with Crippen LogP contribution in [-0.4, -0.2) is 52.4 Å². The van der Waals surface area contributed by atoms with E-state index in [4.69, 9.17) is 9.47 Å². The molecular formula is C22H26N4O5S. The number of hydrogen-bond donors (Lipinski definition) is 1. The largest absolute Gasteiger partial charge is 0.467 e. The first-order valence-corrected chi connectivity index (χ1v) is 11.0. The summed E-state index contributed by atoms with van der Waals surface area (Å²) in [5.41, 5.74) is 2.08. The summed E-state index contributed by atoms with van der Waals surface area (Å²) in [6.07, 6.45) is 0.413. The van der Waals surface area contributed by atoms with Crippen molar-refractivity contribution in [2.45, 2.75) is 33.2 Å². The van der Waals surface area contributed by atoms with Gasteiger partial charge in [-0.2, -0.15) is 5.10 Å². The number of fused-ring (bicyclic) bond motifs is 1. The van der Waals surface area contributed by atoms with Crippen molar-refractivity contribution in [2.75, 3.05) is 13.7 Å². The smallest absolute Gasteiger partial charge is 0.339 e. The van der Waals surface area contributed by atoms with E-state index in [1.54, 1.807) is 24.7 Å². The Kier molecular flexibility index (Phi) is 7.24. The Morgan fingerprint density at radius 3 is 2.66 bits per heavy atom. The predicted molar refractivity (Wildman–Crippen MR) is 120 cm³/mol. The average molecular weight is 459 g/mol. The van der Waals surface area contributed by atoms with Crippen LogP contribution in [0.1, 0.15) is 36.3 Å². The Balaban J connectivity index is 1.81. The quantitative estimate of drug-likeness (QED) is 0.517. The molecule has 0 bridgehead atoms. The molecule has 10 heteroatoms. The van der Waals surface area contributed by atoms with Gasteiger partial charge in [0.15, 0.2) is 12.3 Å². The number of carbonyl (C=O) groups excluding carboxylic acids is 3. The van der Waals surface area contributed by atoms with Crippen LogP contribution in [-0.2, 0) is 26.1 Å². The van der Waals surface area contributed by atoms with Crippen LogP contribution in [0.25, 0.3) is 21.6 Å². The van der Waals surface area contributed by atoms with E-state index in [0.29, 0.717) is 28.8 Å². The molecule has 0 spiro atoms. The molecule has 1 atom stereocenters. The monoisotopic (exact) mass is 458 g/mol. The van der Waals surface area contributed by atoms with E-state index < -0.39 is 30.5 Å². The van der Waals surface area contributed by atoms with Crippen molar-refractivity contribution in [3.05, 3.63) is 34.8 Å². The van der Waals surface area contributed by atoms with Crippen LogP contribution in [0.2, 0.25) is 0 Å². The van der Waals surface area contributed by atoms with Gasteiger partial charge in [0, 0.05) is 7.05 Å². The molecule has 3 aromatic heterocycles. The molecule has 32 heavy (non-hydrogen) atoms. The molecule has 0 aliphatic rings. The van der Waals surface area contributed by atoms with Crippen LogP contribution in [0, 0.1) is 12.8 Å². The second kappa shape index (κ2) is 9.90. The van der Waals surface area contributed by atoms with Gasteiger partial charge >= 0.3 is 11.9 Å². The zero-order valence-corrected chi connectivity index (χ0v) is 19.5. The maximum absolute atomic E-state index is 12.9. The molecule has 9 nitrogen and oxygen atoms in total. The molecule has 3 rings (SSSR count). The highest BCUT2D eigenvalue weighted by Gasteiger charge is 2.25. The van der Waals surface area contributed by atoms with Crippen molar-refractivity contribution in [3.63, 3.8) is 0 Å². The van der Waals surface area contributed by atoms with Gasteiger partial charge in [0.05, 0.1) is 34.3 Å². The number of nitrogens with zero attached hydrogens (tertiary/aromatic N) is 3. The fourth-order valence-corrected chi connectivity index (χ4v) is 4.12. The molecule has 0 fully saturated rings. The first-order chi connectivity index (χ1) is 15.2.